The monoisotopic (exact) mass is 345 g/mol. The van der Waals surface area contributed by atoms with Crippen LogP contribution in [0, 0.1) is 0 Å². The number of aromatic nitrogens is 1. The lowest BCUT2D eigenvalue weighted by Gasteiger charge is -2.28. The van der Waals surface area contributed by atoms with Crippen LogP contribution in [0.3, 0.4) is 0 Å². The third-order valence-electron chi connectivity index (χ3n) is 4.08. The first-order chi connectivity index (χ1) is 11.5. The third-order valence-corrected chi connectivity index (χ3v) is 5.47. The summed E-state index contributed by atoms with van der Waals surface area (Å²) in [6, 6.07) is 8.46. The molecule has 24 heavy (non-hydrogen) atoms. The van der Waals surface area contributed by atoms with E-state index >= 15 is 0 Å². The van der Waals surface area contributed by atoms with E-state index in [1.807, 2.05) is 0 Å². The van der Waals surface area contributed by atoms with Gasteiger partial charge in [0, 0.05) is 38.1 Å². The Bertz CT molecular complexity index is 851. The second kappa shape index (κ2) is 6.70. The molecule has 1 aromatic carbocycles. The Balaban J connectivity index is 1.83. The summed E-state index contributed by atoms with van der Waals surface area (Å²) < 4.78 is 27.6. The highest BCUT2D eigenvalue weighted by Crippen LogP contribution is 2.29. The molecule has 2 heterocycles. The summed E-state index contributed by atoms with van der Waals surface area (Å²) in [5, 5.41) is 0. The second-order valence-corrected chi connectivity index (χ2v) is 7.51. The minimum atomic E-state index is -3.60. The maximum atomic E-state index is 12.5. The number of nitrogens with zero attached hydrogens (tertiary/aromatic N) is 2. The van der Waals surface area contributed by atoms with Crippen LogP contribution in [0.4, 0.5) is 5.69 Å². The van der Waals surface area contributed by atoms with Gasteiger partial charge < -0.3 is 4.90 Å². The molecule has 0 spiro atoms. The van der Waals surface area contributed by atoms with E-state index in [0.717, 1.165) is 29.7 Å². The zero-order valence-electron chi connectivity index (χ0n) is 13.4. The van der Waals surface area contributed by atoms with Gasteiger partial charge in [0.15, 0.2) is 0 Å². The Morgan fingerprint density at radius 3 is 2.71 bits per heavy atom. The lowest BCUT2D eigenvalue weighted by molar-refractivity contribution is -0.116. The number of carbonyl (C=O) groups excluding carboxylic acids is 1. The number of anilines is 1. The fourth-order valence-electron chi connectivity index (χ4n) is 2.83. The number of hydrogen-bond acceptors (Lipinski definition) is 4. The van der Waals surface area contributed by atoms with Crippen LogP contribution in [0.25, 0.3) is 0 Å². The normalized spacial score (nSPS) is 14.3. The topological polar surface area (TPSA) is 79.4 Å². The Morgan fingerprint density at radius 1 is 1.25 bits per heavy atom. The predicted molar refractivity (Wildman–Crippen MR) is 91.1 cm³/mol. The zero-order chi connectivity index (χ0) is 17.2. The van der Waals surface area contributed by atoms with Gasteiger partial charge in [-0.25, -0.2) is 13.1 Å². The molecule has 1 aliphatic rings. The fourth-order valence-corrected chi connectivity index (χ4v) is 3.90. The van der Waals surface area contributed by atoms with E-state index in [1.165, 1.54) is 6.92 Å². The van der Waals surface area contributed by atoms with Crippen LogP contribution in [0.2, 0.25) is 0 Å². The van der Waals surface area contributed by atoms with Crippen molar-refractivity contribution in [2.45, 2.75) is 31.2 Å². The van der Waals surface area contributed by atoms with E-state index < -0.39 is 10.0 Å². The molecule has 126 valence electrons. The van der Waals surface area contributed by atoms with Gasteiger partial charge in [-0.3, -0.25) is 9.78 Å². The van der Waals surface area contributed by atoms with Crippen LogP contribution in [-0.4, -0.2) is 25.9 Å². The molecule has 1 N–H and O–H groups in total. The number of nitrogens with one attached hydrogen (secondary N) is 1. The first-order valence-electron chi connectivity index (χ1n) is 7.77. The van der Waals surface area contributed by atoms with Crippen LogP contribution >= 0.6 is 0 Å². The second-order valence-electron chi connectivity index (χ2n) is 5.74. The van der Waals surface area contributed by atoms with Crippen molar-refractivity contribution in [1.82, 2.24) is 9.71 Å². The van der Waals surface area contributed by atoms with Crippen molar-refractivity contribution in [2.75, 3.05) is 11.4 Å². The summed E-state index contributed by atoms with van der Waals surface area (Å²) in [4.78, 5) is 17.5. The van der Waals surface area contributed by atoms with Gasteiger partial charge in [0.25, 0.3) is 0 Å². The number of benzene rings is 1. The van der Waals surface area contributed by atoms with Crippen molar-refractivity contribution in [3.8, 4) is 0 Å². The van der Waals surface area contributed by atoms with E-state index in [2.05, 4.69) is 9.71 Å². The molecular formula is C17H19N3O3S. The van der Waals surface area contributed by atoms with Crippen LogP contribution < -0.4 is 9.62 Å². The lowest BCUT2D eigenvalue weighted by Crippen LogP contribution is -2.33. The molecule has 6 nitrogen and oxygen atoms in total. The van der Waals surface area contributed by atoms with Gasteiger partial charge >= 0.3 is 0 Å². The van der Waals surface area contributed by atoms with Gasteiger partial charge in [-0.15, -0.1) is 0 Å². The van der Waals surface area contributed by atoms with E-state index in [1.54, 1.807) is 47.6 Å². The highest BCUT2D eigenvalue weighted by Gasteiger charge is 2.22. The number of carbonyl (C=O) groups is 1. The number of amides is 1. The molecular weight excluding hydrogens is 326 g/mol. The largest absolute Gasteiger partial charge is 0.312 e. The third kappa shape index (κ3) is 3.47. The van der Waals surface area contributed by atoms with E-state index in [4.69, 9.17) is 0 Å². The molecule has 0 atom stereocenters. The van der Waals surface area contributed by atoms with Gasteiger partial charge in [0.05, 0.1) is 4.90 Å². The Labute approximate surface area is 141 Å². The summed E-state index contributed by atoms with van der Waals surface area (Å²) in [7, 11) is -3.60. The molecule has 0 bridgehead atoms. The molecule has 0 aliphatic carbocycles. The van der Waals surface area contributed by atoms with Crippen LogP contribution in [0.1, 0.15) is 24.5 Å². The molecule has 1 aliphatic heterocycles. The number of fused-ring (bicyclic) bond motifs is 1. The smallest absolute Gasteiger partial charge is 0.240 e. The van der Waals surface area contributed by atoms with Crippen molar-refractivity contribution >= 4 is 21.6 Å². The minimum Gasteiger partial charge on any atom is -0.312 e. The maximum Gasteiger partial charge on any atom is 0.240 e. The molecule has 1 amide bonds. The number of pyridine rings is 1. The average molecular weight is 345 g/mol. The first-order valence-corrected chi connectivity index (χ1v) is 9.25. The van der Waals surface area contributed by atoms with Gasteiger partial charge in [-0.2, -0.15) is 0 Å². The molecule has 0 unspecified atom stereocenters. The average Bonchev–Trinajstić information content (AvgIpc) is 2.60. The molecule has 1 aromatic heterocycles. The quantitative estimate of drug-likeness (QED) is 0.917. The van der Waals surface area contributed by atoms with Crippen LogP contribution in [0.5, 0.6) is 0 Å². The molecule has 0 saturated carbocycles. The Hall–Kier alpha value is -2.25. The zero-order valence-corrected chi connectivity index (χ0v) is 14.2. The van der Waals surface area contributed by atoms with Gasteiger partial charge in [0.2, 0.25) is 15.9 Å². The lowest BCUT2D eigenvalue weighted by atomic mass is 10.0. The van der Waals surface area contributed by atoms with Crippen molar-refractivity contribution < 1.29 is 13.2 Å². The van der Waals surface area contributed by atoms with Crippen molar-refractivity contribution in [2.24, 2.45) is 0 Å². The molecule has 2 aromatic rings. The molecule has 7 heteroatoms. The Morgan fingerprint density at radius 2 is 2.00 bits per heavy atom. The highest BCUT2D eigenvalue weighted by atomic mass is 32.2. The SMILES string of the molecule is CC(=O)N1CCCc2cc(S(=O)(=O)NCc3ccncc3)ccc21. The predicted octanol–water partition coefficient (Wildman–Crippen LogP) is 1.86. The van der Waals surface area contributed by atoms with Crippen molar-refractivity contribution in [3.63, 3.8) is 0 Å². The Kier molecular flexibility index (Phi) is 4.64. The van der Waals surface area contributed by atoms with Gasteiger partial charge in [0.1, 0.15) is 0 Å². The summed E-state index contributed by atoms with van der Waals surface area (Å²) >= 11 is 0. The van der Waals surface area contributed by atoms with E-state index in [9.17, 15) is 13.2 Å². The number of rotatable bonds is 4. The standard InChI is InChI=1S/C17H19N3O3S/c1-13(21)20-10-2-3-15-11-16(4-5-17(15)20)24(22,23)19-12-14-6-8-18-9-7-14/h4-9,11,19H,2-3,10,12H2,1H3. The number of aryl methyl sites for hydroxylation is 1. The molecule has 0 radical (unpaired) electrons. The van der Waals surface area contributed by atoms with E-state index in [0.29, 0.717) is 6.54 Å². The number of sulfonamides is 1. The van der Waals surface area contributed by atoms with E-state index in [-0.39, 0.29) is 17.3 Å². The van der Waals surface area contributed by atoms with Crippen molar-refractivity contribution in [3.05, 3.63) is 53.9 Å². The molecule has 0 saturated heterocycles. The molecule has 0 fully saturated rings. The summed E-state index contributed by atoms with van der Waals surface area (Å²) in [6.07, 6.45) is 4.85. The summed E-state index contributed by atoms with van der Waals surface area (Å²) in [5.41, 5.74) is 2.54. The minimum absolute atomic E-state index is 0.0256. The van der Waals surface area contributed by atoms with Gasteiger partial charge in [-0.1, -0.05) is 0 Å². The fraction of sp³-hybridized carbons (Fsp3) is 0.294. The van der Waals surface area contributed by atoms with Crippen LogP contribution in [0.15, 0.2) is 47.6 Å². The maximum absolute atomic E-state index is 12.5. The highest BCUT2D eigenvalue weighted by molar-refractivity contribution is 7.89. The summed E-state index contributed by atoms with van der Waals surface area (Å²) in [5.74, 6) is -0.0256. The van der Waals surface area contributed by atoms with Crippen molar-refractivity contribution in [1.29, 1.82) is 0 Å². The van der Waals surface area contributed by atoms with Gasteiger partial charge in [-0.05, 0) is 54.3 Å². The first kappa shape index (κ1) is 16.6. The summed E-state index contributed by atoms with van der Waals surface area (Å²) in [6.45, 7) is 2.41. The number of hydrogen-bond donors (Lipinski definition) is 1. The molecule has 3 rings (SSSR count). The van der Waals surface area contributed by atoms with Crippen LogP contribution in [-0.2, 0) is 27.8 Å².